The zero-order valence-corrected chi connectivity index (χ0v) is 14.5. The Morgan fingerprint density at radius 1 is 1.42 bits per heavy atom. The number of aromatic nitrogens is 2. The van der Waals surface area contributed by atoms with Gasteiger partial charge in [-0.1, -0.05) is 13.8 Å². The number of hydrogen-bond acceptors (Lipinski definition) is 4. The molecular weight excluding hydrogens is 308 g/mol. The largest absolute Gasteiger partial charge is 0.370 e. The molecule has 1 aromatic rings. The molecule has 0 N–H and O–H groups in total. The quantitative estimate of drug-likeness (QED) is 0.801. The molecule has 0 saturated carbocycles. The Morgan fingerprint density at radius 2 is 2.25 bits per heavy atom. The molecule has 2 aliphatic heterocycles. The van der Waals surface area contributed by atoms with Crippen LogP contribution in [0.25, 0.3) is 0 Å². The number of morpholine rings is 1. The zero-order chi connectivity index (χ0) is 17.1. The van der Waals surface area contributed by atoms with Crippen molar-refractivity contribution < 1.29 is 14.3 Å². The van der Waals surface area contributed by atoms with Gasteiger partial charge in [-0.05, 0) is 12.8 Å². The second kappa shape index (κ2) is 7.34. The first-order valence-electron chi connectivity index (χ1n) is 8.72. The summed E-state index contributed by atoms with van der Waals surface area (Å²) in [4.78, 5) is 32.5. The van der Waals surface area contributed by atoms with Gasteiger partial charge in [-0.2, -0.15) is 0 Å². The highest BCUT2D eigenvalue weighted by Crippen LogP contribution is 2.21. The van der Waals surface area contributed by atoms with Crippen LogP contribution in [0, 0.1) is 0 Å². The van der Waals surface area contributed by atoms with E-state index in [0.717, 1.165) is 31.8 Å². The van der Waals surface area contributed by atoms with Crippen LogP contribution >= 0.6 is 0 Å². The molecule has 2 amide bonds. The van der Waals surface area contributed by atoms with E-state index in [0.29, 0.717) is 19.1 Å². The van der Waals surface area contributed by atoms with Crippen molar-refractivity contribution in [2.75, 3.05) is 32.8 Å². The van der Waals surface area contributed by atoms with Crippen LogP contribution in [0.15, 0.2) is 12.4 Å². The Bertz CT molecular complexity index is 598. The van der Waals surface area contributed by atoms with Crippen LogP contribution in [0.2, 0.25) is 0 Å². The molecule has 24 heavy (non-hydrogen) atoms. The highest BCUT2D eigenvalue weighted by molar-refractivity contribution is 5.86. The molecule has 0 aromatic carbocycles. The summed E-state index contributed by atoms with van der Waals surface area (Å²) in [5, 5.41) is 0. The van der Waals surface area contributed by atoms with E-state index in [4.69, 9.17) is 4.74 Å². The predicted octanol–water partition coefficient (Wildman–Crippen LogP) is 0.856. The molecular formula is C17H26N4O3. The number of amides is 2. The highest BCUT2D eigenvalue weighted by Gasteiger charge is 2.31. The molecule has 2 saturated heterocycles. The molecule has 1 aromatic heterocycles. The topological polar surface area (TPSA) is 67.7 Å². The lowest BCUT2D eigenvalue weighted by Crippen LogP contribution is -2.49. The maximum Gasteiger partial charge on any atom is 0.249 e. The summed E-state index contributed by atoms with van der Waals surface area (Å²) in [6, 6.07) is 0.181. The van der Waals surface area contributed by atoms with Crippen LogP contribution in [0.3, 0.4) is 0 Å². The third kappa shape index (κ3) is 3.61. The molecule has 7 heteroatoms. The molecule has 0 aliphatic carbocycles. The Morgan fingerprint density at radius 3 is 3.00 bits per heavy atom. The molecule has 132 valence electrons. The van der Waals surface area contributed by atoms with Crippen LogP contribution in [0.1, 0.15) is 38.4 Å². The van der Waals surface area contributed by atoms with Gasteiger partial charge < -0.3 is 19.1 Å². The summed E-state index contributed by atoms with van der Waals surface area (Å²) in [6.45, 7) is 7.06. The van der Waals surface area contributed by atoms with Crippen molar-refractivity contribution in [3.8, 4) is 0 Å². The molecule has 7 nitrogen and oxygen atoms in total. The minimum Gasteiger partial charge on any atom is -0.370 e. The second-order valence-corrected chi connectivity index (χ2v) is 6.84. The Hall–Kier alpha value is -1.89. The number of likely N-dealkylation sites (tertiary alicyclic amines) is 1. The third-order valence-corrected chi connectivity index (χ3v) is 4.78. The fourth-order valence-corrected chi connectivity index (χ4v) is 3.53. The third-order valence-electron chi connectivity index (χ3n) is 4.78. The van der Waals surface area contributed by atoms with E-state index >= 15 is 0 Å². The minimum absolute atomic E-state index is 0.0407. The van der Waals surface area contributed by atoms with Gasteiger partial charge in [0.1, 0.15) is 12.4 Å². The zero-order valence-electron chi connectivity index (χ0n) is 14.5. The van der Waals surface area contributed by atoms with Crippen molar-refractivity contribution in [1.82, 2.24) is 19.4 Å². The molecule has 2 fully saturated rings. The Kier molecular flexibility index (Phi) is 5.18. The molecule has 3 heterocycles. The van der Waals surface area contributed by atoms with Gasteiger partial charge in [-0.15, -0.1) is 0 Å². The van der Waals surface area contributed by atoms with Crippen LogP contribution in [0.5, 0.6) is 0 Å². The fraction of sp³-hybridized carbons (Fsp3) is 0.706. The number of carbonyl (C=O) groups excluding carboxylic acids is 2. The first kappa shape index (κ1) is 17.0. The maximum absolute atomic E-state index is 12.7. The molecule has 2 aliphatic rings. The lowest BCUT2D eigenvalue weighted by Gasteiger charge is -2.31. The minimum atomic E-state index is -0.0953. The molecule has 0 spiro atoms. The van der Waals surface area contributed by atoms with Gasteiger partial charge in [-0.3, -0.25) is 9.59 Å². The van der Waals surface area contributed by atoms with Gasteiger partial charge >= 0.3 is 0 Å². The van der Waals surface area contributed by atoms with Crippen LogP contribution in [-0.4, -0.2) is 70.1 Å². The van der Waals surface area contributed by atoms with Gasteiger partial charge in [0.25, 0.3) is 0 Å². The van der Waals surface area contributed by atoms with Crippen molar-refractivity contribution in [2.24, 2.45) is 0 Å². The number of ether oxygens (including phenoxy) is 1. The van der Waals surface area contributed by atoms with E-state index in [2.05, 4.69) is 23.4 Å². The van der Waals surface area contributed by atoms with Gasteiger partial charge in [0.05, 0.1) is 13.2 Å². The van der Waals surface area contributed by atoms with Crippen LogP contribution in [0.4, 0.5) is 0 Å². The van der Waals surface area contributed by atoms with Crippen molar-refractivity contribution >= 4 is 11.8 Å². The summed E-state index contributed by atoms with van der Waals surface area (Å²) in [5.74, 6) is 1.36. The van der Waals surface area contributed by atoms with Gasteiger partial charge in [0.15, 0.2) is 0 Å². The standard InChI is InChI=1S/C17H26N4O3/c1-13(2)17-18-5-7-20(17)10-14-4-3-6-21(14)15(22)11-19-8-9-24-12-16(19)23/h5,7,13-14H,3-4,6,8-12H2,1-2H3. The fourth-order valence-electron chi connectivity index (χ4n) is 3.53. The lowest BCUT2D eigenvalue weighted by molar-refractivity contribution is -0.148. The summed E-state index contributed by atoms with van der Waals surface area (Å²) in [6.07, 6.45) is 5.82. The van der Waals surface area contributed by atoms with E-state index in [1.165, 1.54) is 0 Å². The highest BCUT2D eigenvalue weighted by atomic mass is 16.5. The molecule has 0 bridgehead atoms. The smallest absolute Gasteiger partial charge is 0.249 e. The summed E-state index contributed by atoms with van der Waals surface area (Å²) >= 11 is 0. The molecule has 3 rings (SSSR count). The van der Waals surface area contributed by atoms with Crippen LogP contribution in [-0.2, 0) is 20.9 Å². The van der Waals surface area contributed by atoms with Crippen molar-refractivity contribution in [2.45, 2.75) is 45.2 Å². The second-order valence-electron chi connectivity index (χ2n) is 6.84. The Balaban J connectivity index is 1.63. The van der Waals surface area contributed by atoms with Gasteiger partial charge in [0, 0.05) is 44.0 Å². The van der Waals surface area contributed by atoms with Crippen molar-refractivity contribution in [3.05, 3.63) is 18.2 Å². The number of nitrogens with zero attached hydrogens (tertiary/aromatic N) is 4. The van der Waals surface area contributed by atoms with Crippen molar-refractivity contribution in [3.63, 3.8) is 0 Å². The number of rotatable bonds is 5. The molecule has 1 unspecified atom stereocenters. The van der Waals surface area contributed by atoms with Gasteiger partial charge in [-0.25, -0.2) is 4.98 Å². The first-order valence-corrected chi connectivity index (χ1v) is 8.72. The van der Waals surface area contributed by atoms with E-state index in [9.17, 15) is 9.59 Å². The van der Waals surface area contributed by atoms with Crippen LogP contribution < -0.4 is 0 Å². The average molecular weight is 334 g/mol. The first-order chi connectivity index (χ1) is 11.6. The summed E-state index contributed by atoms with van der Waals surface area (Å²) < 4.78 is 7.27. The number of hydrogen-bond donors (Lipinski definition) is 0. The lowest BCUT2D eigenvalue weighted by atomic mass is 10.2. The van der Waals surface area contributed by atoms with E-state index in [-0.39, 0.29) is 31.0 Å². The van der Waals surface area contributed by atoms with Gasteiger partial charge in [0.2, 0.25) is 11.8 Å². The maximum atomic E-state index is 12.7. The monoisotopic (exact) mass is 334 g/mol. The average Bonchev–Trinajstić information content (AvgIpc) is 3.19. The van der Waals surface area contributed by atoms with E-state index < -0.39 is 0 Å². The SMILES string of the molecule is CC(C)c1nccn1CC1CCCN1C(=O)CN1CCOCC1=O. The van der Waals surface area contributed by atoms with E-state index in [1.54, 1.807) is 4.90 Å². The Labute approximate surface area is 142 Å². The summed E-state index contributed by atoms with van der Waals surface area (Å²) in [5.41, 5.74) is 0. The predicted molar refractivity (Wildman–Crippen MR) is 88.5 cm³/mol. The number of imidazole rings is 1. The van der Waals surface area contributed by atoms with E-state index in [1.807, 2.05) is 17.3 Å². The summed E-state index contributed by atoms with van der Waals surface area (Å²) in [7, 11) is 0. The number of carbonyl (C=O) groups is 2. The molecule has 0 radical (unpaired) electrons. The normalized spacial score (nSPS) is 21.8. The molecule has 1 atom stereocenters. The van der Waals surface area contributed by atoms with Crippen molar-refractivity contribution in [1.29, 1.82) is 0 Å².